The van der Waals surface area contributed by atoms with E-state index in [9.17, 15) is 4.79 Å². The zero-order valence-electron chi connectivity index (χ0n) is 10.6. The number of nitrogens with zero attached hydrogens (tertiary/aromatic N) is 1. The van der Waals surface area contributed by atoms with Gasteiger partial charge in [0.25, 0.3) is 0 Å². The Labute approximate surface area is 107 Å². The van der Waals surface area contributed by atoms with E-state index in [1.807, 2.05) is 12.1 Å². The topological polar surface area (TPSA) is 46.3 Å². The lowest BCUT2D eigenvalue weighted by Gasteiger charge is -2.15. The van der Waals surface area contributed by atoms with Crippen molar-refractivity contribution in [2.75, 3.05) is 19.8 Å². The summed E-state index contributed by atoms with van der Waals surface area (Å²) in [4.78, 5) is 14.3. The molecule has 17 heavy (non-hydrogen) atoms. The largest absolute Gasteiger partial charge is 0.349 e. The molecule has 0 heterocycles. The number of carbonyl (C=O) groups is 1. The van der Waals surface area contributed by atoms with Gasteiger partial charge in [-0.1, -0.05) is 19.1 Å². The predicted octanol–water partition coefficient (Wildman–Crippen LogP) is 2.28. The molecule has 3 nitrogen and oxygen atoms in total. The summed E-state index contributed by atoms with van der Waals surface area (Å²) >= 11 is 1.80. The highest BCUT2D eigenvalue weighted by molar-refractivity contribution is 7.99. The van der Waals surface area contributed by atoms with Crippen molar-refractivity contribution in [2.24, 2.45) is 5.73 Å². The van der Waals surface area contributed by atoms with Crippen LogP contribution in [0.1, 0.15) is 24.9 Å². The van der Waals surface area contributed by atoms with Gasteiger partial charge in [0, 0.05) is 31.5 Å². The molecule has 0 aromatic heterocycles. The molecule has 0 aliphatic rings. The fraction of sp³-hybridized carbons (Fsp3) is 0.462. The Hall–Kier alpha value is -1.00. The van der Waals surface area contributed by atoms with Gasteiger partial charge in [-0.3, -0.25) is 4.79 Å². The molecule has 0 aliphatic carbocycles. The van der Waals surface area contributed by atoms with Crippen molar-refractivity contribution in [3.05, 3.63) is 29.8 Å². The quantitative estimate of drug-likeness (QED) is 0.818. The van der Waals surface area contributed by atoms with E-state index in [2.05, 4.69) is 19.1 Å². The summed E-state index contributed by atoms with van der Waals surface area (Å²) in [6, 6.07) is 7.91. The maximum Gasteiger partial charge on any atom is 0.223 e. The molecule has 2 N–H and O–H groups in total. The standard InChI is InChI=1S/C13H20N2OS/c1-4-17-11-7-5-10(6-8-11)12(14)9-13(16)15(2)3/h5-8,12H,4,9,14H2,1-3H3. The van der Waals surface area contributed by atoms with Crippen LogP contribution >= 0.6 is 11.8 Å². The van der Waals surface area contributed by atoms with Crippen LogP contribution in [-0.4, -0.2) is 30.7 Å². The van der Waals surface area contributed by atoms with Gasteiger partial charge >= 0.3 is 0 Å². The number of benzene rings is 1. The molecule has 0 radical (unpaired) electrons. The van der Waals surface area contributed by atoms with Crippen molar-refractivity contribution in [1.29, 1.82) is 0 Å². The van der Waals surface area contributed by atoms with Crippen LogP contribution < -0.4 is 5.73 Å². The highest BCUT2D eigenvalue weighted by Crippen LogP contribution is 2.21. The summed E-state index contributed by atoms with van der Waals surface area (Å²) in [7, 11) is 3.49. The molecule has 94 valence electrons. The Bertz CT molecular complexity index is 362. The minimum Gasteiger partial charge on any atom is -0.349 e. The van der Waals surface area contributed by atoms with E-state index in [1.165, 1.54) is 4.90 Å². The van der Waals surface area contributed by atoms with Crippen molar-refractivity contribution >= 4 is 17.7 Å². The van der Waals surface area contributed by atoms with Gasteiger partial charge in [-0.05, 0) is 23.4 Å². The van der Waals surface area contributed by atoms with Crippen molar-refractivity contribution in [3.8, 4) is 0 Å². The molecule has 1 aromatic carbocycles. The van der Waals surface area contributed by atoms with Gasteiger partial charge in [-0.2, -0.15) is 0 Å². The lowest BCUT2D eigenvalue weighted by Crippen LogP contribution is -2.26. The Morgan fingerprint density at radius 2 is 1.94 bits per heavy atom. The third-order valence-electron chi connectivity index (χ3n) is 2.51. The molecule has 4 heteroatoms. The van der Waals surface area contributed by atoms with Crippen molar-refractivity contribution in [1.82, 2.24) is 4.90 Å². The van der Waals surface area contributed by atoms with Crippen LogP contribution in [0, 0.1) is 0 Å². The number of thioether (sulfide) groups is 1. The van der Waals surface area contributed by atoms with E-state index >= 15 is 0 Å². The highest BCUT2D eigenvalue weighted by atomic mass is 32.2. The number of carbonyl (C=O) groups excluding carboxylic acids is 1. The molecule has 1 aromatic rings. The highest BCUT2D eigenvalue weighted by Gasteiger charge is 2.12. The van der Waals surface area contributed by atoms with E-state index in [-0.39, 0.29) is 11.9 Å². The van der Waals surface area contributed by atoms with Crippen LogP contribution in [0.15, 0.2) is 29.2 Å². The van der Waals surface area contributed by atoms with Crippen LogP contribution in [-0.2, 0) is 4.79 Å². The molecule has 0 saturated heterocycles. The van der Waals surface area contributed by atoms with Gasteiger partial charge in [0.2, 0.25) is 5.91 Å². The average Bonchev–Trinajstić information content (AvgIpc) is 2.30. The summed E-state index contributed by atoms with van der Waals surface area (Å²) in [5.74, 6) is 1.12. The summed E-state index contributed by atoms with van der Waals surface area (Å²) in [6.45, 7) is 2.13. The maximum absolute atomic E-state index is 11.5. The molecule has 1 unspecified atom stereocenters. The summed E-state index contributed by atoms with van der Waals surface area (Å²) in [5, 5.41) is 0. The molecule has 0 aliphatic heterocycles. The van der Waals surface area contributed by atoms with E-state index in [0.717, 1.165) is 11.3 Å². The maximum atomic E-state index is 11.5. The average molecular weight is 252 g/mol. The first-order chi connectivity index (χ1) is 8.04. The number of hydrogen-bond donors (Lipinski definition) is 1. The predicted molar refractivity (Wildman–Crippen MR) is 73.1 cm³/mol. The lowest BCUT2D eigenvalue weighted by molar-refractivity contribution is -0.129. The molecule has 0 saturated carbocycles. The van der Waals surface area contributed by atoms with Gasteiger partial charge in [-0.15, -0.1) is 11.8 Å². The molecule has 0 fully saturated rings. The van der Waals surface area contributed by atoms with Gasteiger partial charge in [0.05, 0.1) is 0 Å². The van der Waals surface area contributed by atoms with Crippen LogP contribution in [0.2, 0.25) is 0 Å². The van der Waals surface area contributed by atoms with Gasteiger partial charge in [-0.25, -0.2) is 0 Å². The van der Waals surface area contributed by atoms with Crippen LogP contribution in [0.3, 0.4) is 0 Å². The fourth-order valence-corrected chi connectivity index (χ4v) is 2.13. The fourth-order valence-electron chi connectivity index (χ4n) is 1.47. The molecule has 1 atom stereocenters. The Morgan fingerprint density at radius 3 is 2.41 bits per heavy atom. The molecular formula is C13H20N2OS. The first kappa shape index (κ1) is 14.1. The Kier molecular flexibility index (Phi) is 5.51. The normalized spacial score (nSPS) is 12.2. The minimum atomic E-state index is -0.217. The summed E-state index contributed by atoms with van der Waals surface area (Å²) < 4.78 is 0. The van der Waals surface area contributed by atoms with Crippen LogP contribution in [0.5, 0.6) is 0 Å². The van der Waals surface area contributed by atoms with Gasteiger partial charge in [0.15, 0.2) is 0 Å². The third-order valence-corrected chi connectivity index (χ3v) is 3.41. The van der Waals surface area contributed by atoms with Crippen molar-refractivity contribution in [2.45, 2.75) is 24.3 Å². The summed E-state index contributed by atoms with van der Waals surface area (Å²) in [6.07, 6.45) is 0.354. The number of rotatable bonds is 5. The third kappa shape index (κ3) is 4.40. The van der Waals surface area contributed by atoms with E-state index in [4.69, 9.17) is 5.73 Å². The van der Waals surface area contributed by atoms with Crippen LogP contribution in [0.25, 0.3) is 0 Å². The molecule has 0 bridgehead atoms. The second-order valence-electron chi connectivity index (χ2n) is 4.10. The summed E-state index contributed by atoms with van der Waals surface area (Å²) in [5.41, 5.74) is 7.02. The van der Waals surface area contributed by atoms with E-state index in [1.54, 1.807) is 30.8 Å². The smallest absolute Gasteiger partial charge is 0.223 e. The SMILES string of the molecule is CCSc1ccc(C(N)CC(=O)N(C)C)cc1. The van der Waals surface area contributed by atoms with Crippen LogP contribution in [0.4, 0.5) is 0 Å². The zero-order chi connectivity index (χ0) is 12.8. The Morgan fingerprint density at radius 1 is 1.35 bits per heavy atom. The second-order valence-corrected chi connectivity index (χ2v) is 5.44. The van der Waals surface area contributed by atoms with E-state index < -0.39 is 0 Å². The monoisotopic (exact) mass is 252 g/mol. The number of hydrogen-bond acceptors (Lipinski definition) is 3. The lowest BCUT2D eigenvalue weighted by atomic mass is 10.0. The number of nitrogens with two attached hydrogens (primary N) is 1. The molecule has 1 amide bonds. The van der Waals surface area contributed by atoms with Gasteiger partial charge in [0.1, 0.15) is 0 Å². The zero-order valence-corrected chi connectivity index (χ0v) is 11.5. The first-order valence-electron chi connectivity index (χ1n) is 5.73. The molecule has 1 rings (SSSR count). The molecule has 0 spiro atoms. The first-order valence-corrected chi connectivity index (χ1v) is 6.71. The van der Waals surface area contributed by atoms with E-state index in [0.29, 0.717) is 6.42 Å². The minimum absolute atomic E-state index is 0.0597. The molecular weight excluding hydrogens is 232 g/mol. The number of amides is 1. The van der Waals surface area contributed by atoms with Crippen molar-refractivity contribution in [3.63, 3.8) is 0 Å². The van der Waals surface area contributed by atoms with Gasteiger partial charge < -0.3 is 10.6 Å². The van der Waals surface area contributed by atoms with Crippen molar-refractivity contribution < 1.29 is 4.79 Å². The Balaban J connectivity index is 2.63. The second kappa shape index (κ2) is 6.67.